The lowest BCUT2D eigenvalue weighted by atomic mass is 10.2. The maximum atomic E-state index is 11.9. The van der Waals surface area contributed by atoms with Crippen molar-refractivity contribution >= 4 is 21.6 Å². The first kappa shape index (κ1) is 17.2. The fourth-order valence-electron chi connectivity index (χ4n) is 2.05. The van der Waals surface area contributed by atoms with Gasteiger partial charge in [-0.05, 0) is 30.5 Å². The average Bonchev–Trinajstić information content (AvgIpc) is 2.55. The Morgan fingerprint density at radius 2 is 1.65 bits per heavy atom. The maximum absolute atomic E-state index is 11.9. The van der Waals surface area contributed by atoms with Crippen LogP contribution in [0.2, 0.25) is 0 Å². The second-order valence-electron chi connectivity index (χ2n) is 5.24. The molecule has 122 valence electrons. The normalized spacial score (nSPS) is 11.2. The zero-order valence-electron chi connectivity index (χ0n) is 13.0. The van der Waals surface area contributed by atoms with Crippen LogP contribution in [-0.4, -0.2) is 26.6 Å². The van der Waals surface area contributed by atoms with Crippen molar-refractivity contribution in [3.63, 3.8) is 0 Å². The van der Waals surface area contributed by atoms with Gasteiger partial charge in [-0.25, -0.2) is 13.1 Å². The zero-order chi connectivity index (χ0) is 16.7. The van der Waals surface area contributed by atoms with Crippen molar-refractivity contribution in [2.45, 2.75) is 13.3 Å². The van der Waals surface area contributed by atoms with E-state index in [1.165, 1.54) is 0 Å². The van der Waals surface area contributed by atoms with Crippen LogP contribution < -0.4 is 10.0 Å². The zero-order valence-corrected chi connectivity index (χ0v) is 13.8. The summed E-state index contributed by atoms with van der Waals surface area (Å²) in [7, 11) is -3.49. The maximum Gasteiger partial charge on any atom is 0.239 e. The summed E-state index contributed by atoms with van der Waals surface area (Å²) in [6.45, 7) is 1.60. The number of carbonyl (C=O) groups excluding carboxylic acids is 1. The number of hydrogen-bond donors (Lipinski definition) is 2. The van der Waals surface area contributed by atoms with E-state index in [1.54, 1.807) is 6.07 Å². The van der Waals surface area contributed by atoms with Gasteiger partial charge in [0.05, 0.1) is 12.3 Å². The second-order valence-corrected chi connectivity index (χ2v) is 7.17. The minimum Gasteiger partial charge on any atom is -0.325 e. The van der Waals surface area contributed by atoms with Gasteiger partial charge in [-0.3, -0.25) is 4.79 Å². The van der Waals surface area contributed by atoms with Crippen molar-refractivity contribution in [3.05, 3.63) is 65.7 Å². The Morgan fingerprint density at radius 1 is 1.00 bits per heavy atom. The number of sulfonamides is 1. The van der Waals surface area contributed by atoms with E-state index >= 15 is 0 Å². The molecule has 0 unspecified atom stereocenters. The molecule has 23 heavy (non-hydrogen) atoms. The molecule has 0 heterocycles. The number of hydrogen-bond acceptors (Lipinski definition) is 3. The van der Waals surface area contributed by atoms with E-state index in [-0.39, 0.29) is 18.2 Å². The molecule has 0 aliphatic rings. The molecule has 5 nitrogen and oxygen atoms in total. The summed E-state index contributed by atoms with van der Waals surface area (Å²) in [4.78, 5) is 11.8. The van der Waals surface area contributed by atoms with Crippen molar-refractivity contribution in [2.75, 3.05) is 17.6 Å². The molecule has 0 saturated carbocycles. The lowest BCUT2D eigenvalue weighted by Gasteiger charge is -2.09. The number of amides is 1. The largest absolute Gasteiger partial charge is 0.325 e. The minimum atomic E-state index is -3.49. The van der Waals surface area contributed by atoms with Crippen molar-refractivity contribution < 1.29 is 13.2 Å². The van der Waals surface area contributed by atoms with Crippen LogP contribution in [0.25, 0.3) is 0 Å². The Bertz CT molecular complexity index is 758. The van der Waals surface area contributed by atoms with Gasteiger partial charge in [-0.15, -0.1) is 0 Å². The van der Waals surface area contributed by atoms with Crippen LogP contribution in [0.5, 0.6) is 0 Å². The van der Waals surface area contributed by atoms with Gasteiger partial charge in [0.2, 0.25) is 15.9 Å². The van der Waals surface area contributed by atoms with Crippen LogP contribution in [0.15, 0.2) is 54.6 Å². The molecule has 0 bridgehead atoms. The Balaban J connectivity index is 1.82. The Labute approximate surface area is 136 Å². The minimum absolute atomic E-state index is 0.0470. The molecule has 0 atom stereocenters. The van der Waals surface area contributed by atoms with Gasteiger partial charge in [-0.1, -0.05) is 48.5 Å². The van der Waals surface area contributed by atoms with Gasteiger partial charge < -0.3 is 5.32 Å². The number of benzene rings is 2. The third kappa shape index (κ3) is 5.84. The summed E-state index contributed by atoms with van der Waals surface area (Å²) in [5, 5.41) is 2.69. The molecule has 0 aliphatic carbocycles. The quantitative estimate of drug-likeness (QED) is 0.815. The van der Waals surface area contributed by atoms with Gasteiger partial charge in [-0.2, -0.15) is 0 Å². The molecule has 0 aromatic heterocycles. The first-order valence-corrected chi connectivity index (χ1v) is 8.98. The summed E-state index contributed by atoms with van der Waals surface area (Å²) in [5.74, 6) is -0.433. The monoisotopic (exact) mass is 332 g/mol. The fourth-order valence-corrected chi connectivity index (χ4v) is 3.05. The molecule has 0 spiro atoms. The van der Waals surface area contributed by atoms with E-state index in [1.807, 2.05) is 55.5 Å². The van der Waals surface area contributed by atoms with E-state index < -0.39 is 10.0 Å². The summed E-state index contributed by atoms with van der Waals surface area (Å²) in [5.41, 5.74) is 2.55. The number of aryl methyl sites for hydroxylation is 2. The third-order valence-corrected chi connectivity index (χ3v) is 4.70. The SMILES string of the molecule is Cc1ccccc1NC(=O)CNS(=O)(=O)CCc1ccccc1. The molecular weight excluding hydrogens is 312 g/mol. The molecule has 6 heteroatoms. The van der Waals surface area contributed by atoms with E-state index in [4.69, 9.17) is 0 Å². The van der Waals surface area contributed by atoms with Gasteiger partial charge in [0, 0.05) is 5.69 Å². The summed E-state index contributed by atoms with van der Waals surface area (Å²) >= 11 is 0. The number of anilines is 1. The molecular formula is C17H20N2O3S. The molecule has 2 aromatic rings. The van der Waals surface area contributed by atoms with E-state index in [2.05, 4.69) is 10.0 Å². The first-order valence-electron chi connectivity index (χ1n) is 7.33. The Morgan fingerprint density at radius 3 is 2.35 bits per heavy atom. The van der Waals surface area contributed by atoms with Crippen LogP contribution in [-0.2, 0) is 21.2 Å². The topological polar surface area (TPSA) is 75.3 Å². The predicted octanol–water partition coefficient (Wildman–Crippen LogP) is 2.10. The Kier molecular flexibility index (Phi) is 5.90. The molecule has 0 aliphatic heterocycles. The molecule has 0 fully saturated rings. The van der Waals surface area contributed by atoms with Crippen LogP contribution in [0.4, 0.5) is 5.69 Å². The molecule has 1 amide bonds. The highest BCUT2D eigenvalue weighted by Crippen LogP contribution is 2.12. The summed E-state index contributed by atoms with van der Waals surface area (Å²) in [6, 6.07) is 16.7. The predicted molar refractivity (Wildman–Crippen MR) is 91.7 cm³/mol. The first-order chi connectivity index (χ1) is 11.0. The number of nitrogens with one attached hydrogen (secondary N) is 2. The third-order valence-electron chi connectivity index (χ3n) is 3.37. The molecule has 0 saturated heterocycles. The van der Waals surface area contributed by atoms with Crippen LogP contribution in [0.3, 0.4) is 0 Å². The van der Waals surface area contributed by atoms with E-state index in [0.29, 0.717) is 12.1 Å². The van der Waals surface area contributed by atoms with Crippen LogP contribution >= 0.6 is 0 Å². The molecule has 2 rings (SSSR count). The highest BCUT2D eigenvalue weighted by molar-refractivity contribution is 7.89. The van der Waals surface area contributed by atoms with Gasteiger partial charge in [0.15, 0.2) is 0 Å². The van der Waals surface area contributed by atoms with Gasteiger partial charge in [0.1, 0.15) is 0 Å². The van der Waals surface area contributed by atoms with Gasteiger partial charge in [0.25, 0.3) is 0 Å². The van der Waals surface area contributed by atoms with E-state index in [9.17, 15) is 13.2 Å². The standard InChI is InChI=1S/C17H20N2O3S/c1-14-7-5-6-10-16(14)19-17(20)13-18-23(21,22)12-11-15-8-3-2-4-9-15/h2-10,18H,11-13H2,1H3,(H,19,20). The highest BCUT2D eigenvalue weighted by Gasteiger charge is 2.13. The Hall–Kier alpha value is -2.18. The number of carbonyl (C=O) groups is 1. The van der Waals surface area contributed by atoms with Crippen molar-refractivity contribution in [2.24, 2.45) is 0 Å². The van der Waals surface area contributed by atoms with Crippen LogP contribution in [0, 0.1) is 6.92 Å². The van der Waals surface area contributed by atoms with E-state index in [0.717, 1.165) is 11.1 Å². The van der Waals surface area contributed by atoms with Crippen molar-refractivity contribution in [1.82, 2.24) is 4.72 Å². The average molecular weight is 332 g/mol. The van der Waals surface area contributed by atoms with Crippen LogP contribution in [0.1, 0.15) is 11.1 Å². The van der Waals surface area contributed by atoms with Crippen molar-refractivity contribution in [3.8, 4) is 0 Å². The highest BCUT2D eigenvalue weighted by atomic mass is 32.2. The lowest BCUT2D eigenvalue weighted by Crippen LogP contribution is -2.34. The smallest absolute Gasteiger partial charge is 0.239 e. The van der Waals surface area contributed by atoms with Crippen molar-refractivity contribution in [1.29, 1.82) is 0 Å². The number of rotatable bonds is 7. The second kappa shape index (κ2) is 7.89. The van der Waals surface area contributed by atoms with Gasteiger partial charge >= 0.3 is 0 Å². The molecule has 2 N–H and O–H groups in total. The lowest BCUT2D eigenvalue weighted by molar-refractivity contribution is -0.115. The number of para-hydroxylation sites is 1. The molecule has 2 aromatic carbocycles. The summed E-state index contributed by atoms with van der Waals surface area (Å²) in [6.07, 6.45) is 0.412. The fraction of sp³-hybridized carbons (Fsp3) is 0.235. The summed E-state index contributed by atoms with van der Waals surface area (Å²) < 4.78 is 26.2. The molecule has 0 radical (unpaired) electrons.